The van der Waals surface area contributed by atoms with Crippen LogP contribution < -0.4 is 10.2 Å². The molecule has 0 bridgehead atoms. The lowest BCUT2D eigenvalue weighted by Crippen LogP contribution is -2.32. The summed E-state index contributed by atoms with van der Waals surface area (Å²) in [7, 11) is 0. The molecule has 1 heterocycles. The van der Waals surface area contributed by atoms with E-state index in [0.29, 0.717) is 22.9 Å². The Labute approximate surface area is 208 Å². The van der Waals surface area contributed by atoms with Gasteiger partial charge < -0.3 is 5.32 Å². The Morgan fingerprint density at radius 3 is 1.94 bits per heavy atom. The van der Waals surface area contributed by atoms with E-state index in [1.165, 1.54) is 10.5 Å². The highest BCUT2D eigenvalue weighted by molar-refractivity contribution is 6.46. The van der Waals surface area contributed by atoms with Crippen molar-refractivity contribution in [2.45, 2.75) is 59.8 Å². The van der Waals surface area contributed by atoms with E-state index in [0.717, 1.165) is 27.9 Å². The van der Waals surface area contributed by atoms with Gasteiger partial charge in [0, 0.05) is 5.69 Å². The van der Waals surface area contributed by atoms with Gasteiger partial charge in [-0.2, -0.15) is 0 Å². The van der Waals surface area contributed by atoms with E-state index in [2.05, 4.69) is 39.9 Å². The molecule has 0 spiro atoms. The van der Waals surface area contributed by atoms with Gasteiger partial charge in [-0.1, -0.05) is 77.1 Å². The summed E-state index contributed by atoms with van der Waals surface area (Å²) in [5.41, 5.74) is 7.33. The smallest absolute Gasteiger partial charge is 0.282 e. The number of carbonyl (C=O) groups excluding carboxylic acids is 2. The number of hydrogen-bond donors (Lipinski definition) is 1. The van der Waals surface area contributed by atoms with Crippen LogP contribution in [0.5, 0.6) is 0 Å². The molecule has 0 saturated heterocycles. The van der Waals surface area contributed by atoms with Crippen LogP contribution in [-0.4, -0.2) is 11.8 Å². The van der Waals surface area contributed by atoms with Crippen molar-refractivity contribution < 1.29 is 9.59 Å². The van der Waals surface area contributed by atoms with E-state index < -0.39 is 0 Å². The predicted octanol–water partition coefficient (Wildman–Crippen LogP) is 7.12. The molecule has 180 valence electrons. The van der Waals surface area contributed by atoms with Gasteiger partial charge in [0.2, 0.25) is 0 Å². The van der Waals surface area contributed by atoms with Gasteiger partial charge in [-0.05, 0) is 77.3 Å². The number of nitrogens with zero attached hydrogens (tertiary/aromatic N) is 1. The molecule has 3 aromatic carbocycles. The molecule has 0 unspecified atom stereocenters. The highest BCUT2D eigenvalue weighted by Crippen LogP contribution is 2.35. The second kappa shape index (κ2) is 9.18. The van der Waals surface area contributed by atoms with Crippen LogP contribution in [0.2, 0.25) is 0 Å². The van der Waals surface area contributed by atoms with Crippen LogP contribution in [0.1, 0.15) is 68.4 Å². The second-order valence-corrected chi connectivity index (χ2v) is 10.7. The monoisotopic (exact) mass is 466 g/mol. The highest BCUT2D eigenvalue weighted by atomic mass is 16.2. The van der Waals surface area contributed by atoms with Gasteiger partial charge in [0.1, 0.15) is 5.70 Å². The molecule has 1 aliphatic rings. The Bertz CT molecular complexity index is 1310. The lowest BCUT2D eigenvalue weighted by molar-refractivity contribution is -0.120. The number of benzene rings is 3. The van der Waals surface area contributed by atoms with Crippen LogP contribution in [0.4, 0.5) is 11.4 Å². The van der Waals surface area contributed by atoms with Crippen LogP contribution in [0, 0.1) is 13.8 Å². The molecule has 0 aromatic heterocycles. The van der Waals surface area contributed by atoms with Gasteiger partial charge in [0.05, 0.1) is 11.3 Å². The number of carbonyl (C=O) groups is 2. The zero-order valence-electron chi connectivity index (χ0n) is 21.7. The normalized spacial score (nSPS) is 14.3. The Morgan fingerprint density at radius 2 is 1.40 bits per heavy atom. The van der Waals surface area contributed by atoms with Gasteiger partial charge in [-0.25, -0.2) is 4.90 Å². The van der Waals surface area contributed by atoms with Gasteiger partial charge in [-0.3, -0.25) is 9.59 Å². The maximum atomic E-state index is 13.7. The molecule has 0 atom stereocenters. The minimum atomic E-state index is -0.348. The summed E-state index contributed by atoms with van der Waals surface area (Å²) in [5, 5.41) is 3.27. The Hall–Kier alpha value is -3.66. The Balaban J connectivity index is 1.77. The van der Waals surface area contributed by atoms with Crippen molar-refractivity contribution in [3.05, 3.63) is 100 Å². The topological polar surface area (TPSA) is 49.4 Å². The third-order valence-corrected chi connectivity index (χ3v) is 6.72. The third kappa shape index (κ3) is 4.79. The van der Waals surface area contributed by atoms with Crippen LogP contribution in [0.15, 0.2) is 72.4 Å². The quantitative estimate of drug-likeness (QED) is 0.407. The molecule has 0 radical (unpaired) electrons. The molecule has 0 fully saturated rings. The van der Waals surface area contributed by atoms with Crippen molar-refractivity contribution in [2.75, 3.05) is 10.2 Å². The molecule has 1 N–H and O–H groups in total. The fourth-order valence-electron chi connectivity index (χ4n) is 4.25. The summed E-state index contributed by atoms with van der Waals surface area (Å²) in [6.45, 7) is 14.8. The largest absolute Gasteiger partial charge is 0.350 e. The maximum Gasteiger partial charge on any atom is 0.282 e. The van der Waals surface area contributed by atoms with Crippen molar-refractivity contribution in [3.63, 3.8) is 0 Å². The first kappa shape index (κ1) is 24.5. The molecular formula is C31H34N2O2. The second-order valence-electron chi connectivity index (χ2n) is 10.7. The first-order valence-electron chi connectivity index (χ1n) is 12.2. The van der Waals surface area contributed by atoms with E-state index in [9.17, 15) is 9.59 Å². The standard InChI is InChI=1S/C31H34N2O2/c1-19(2)22-10-14-25(15-11-22)32-28-27(23-9-8-20(3)21(4)18-23)29(34)33(30(28)35)26-16-12-24(13-17-26)31(5,6)7/h8-19,32H,1-7H3. The number of amides is 2. The summed E-state index contributed by atoms with van der Waals surface area (Å²) >= 11 is 0. The van der Waals surface area contributed by atoms with Gasteiger partial charge in [-0.15, -0.1) is 0 Å². The van der Waals surface area contributed by atoms with E-state index in [4.69, 9.17) is 0 Å². The van der Waals surface area contributed by atoms with E-state index in [1.54, 1.807) is 0 Å². The summed E-state index contributed by atoms with van der Waals surface area (Å²) < 4.78 is 0. The van der Waals surface area contributed by atoms with Gasteiger partial charge in [0.25, 0.3) is 11.8 Å². The van der Waals surface area contributed by atoms with Crippen LogP contribution in [-0.2, 0) is 15.0 Å². The predicted molar refractivity (Wildman–Crippen MR) is 145 cm³/mol. The maximum absolute atomic E-state index is 13.7. The number of imide groups is 1. The summed E-state index contributed by atoms with van der Waals surface area (Å²) in [6.07, 6.45) is 0. The van der Waals surface area contributed by atoms with Crippen molar-refractivity contribution in [3.8, 4) is 0 Å². The molecule has 3 aromatic rings. The van der Waals surface area contributed by atoms with Crippen molar-refractivity contribution in [2.24, 2.45) is 0 Å². The van der Waals surface area contributed by atoms with E-state index in [-0.39, 0.29) is 17.2 Å². The zero-order chi connectivity index (χ0) is 25.5. The van der Waals surface area contributed by atoms with Gasteiger partial charge in [0.15, 0.2) is 0 Å². The minimum absolute atomic E-state index is 0.0186. The average Bonchev–Trinajstić information content (AvgIpc) is 3.05. The van der Waals surface area contributed by atoms with Gasteiger partial charge >= 0.3 is 0 Å². The Morgan fingerprint density at radius 1 is 0.771 bits per heavy atom. The van der Waals surface area contributed by atoms with E-state index in [1.807, 2.05) is 80.6 Å². The third-order valence-electron chi connectivity index (χ3n) is 6.72. The molecule has 1 aliphatic heterocycles. The molecule has 4 heteroatoms. The van der Waals surface area contributed by atoms with E-state index >= 15 is 0 Å². The molecular weight excluding hydrogens is 432 g/mol. The highest BCUT2D eigenvalue weighted by Gasteiger charge is 2.40. The molecule has 0 saturated carbocycles. The number of anilines is 2. The number of rotatable bonds is 5. The number of nitrogens with one attached hydrogen (secondary N) is 1. The lowest BCUT2D eigenvalue weighted by atomic mass is 9.87. The minimum Gasteiger partial charge on any atom is -0.350 e. The molecule has 2 amide bonds. The van der Waals surface area contributed by atoms with Crippen molar-refractivity contribution in [1.82, 2.24) is 0 Å². The zero-order valence-corrected chi connectivity index (χ0v) is 21.7. The lowest BCUT2D eigenvalue weighted by Gasteiger charge is -2.21. The first-order chi connectivity index (χ1) is 16.5. The SMILES string of the molecule is Cc1ccc(C2=C(Nc3ccc(C(C)C)cc3)C(=O)N(c3ccc(C(C)(C)C)cc3)C2=O)cc1C. The fraction of sp³-hybridized carbons (Fsp3) is 0.290. The average molecular weight is 467 g/mol. The number of aryl methyl sites for hydroxylation is 2. The summed E-state index contributed by atoms with van der Waals surface area (Å²) in [4.78, 5) is 28.7. The van der Waals surface area contributed by atoms with Crippen LogP contribution in [0.3, 0.4) is 0 Å². The summed E-state index contributed by atoms with van der Waals surface area (Å²) in [6, 6.07) is 21.6. The van der Waals surface area contributed by atoms with Crippen molar-refractivity contribution in [1.29, 1.82) is 0 Å². The first-order valence-corrected chi connectivity index (χ1v) is 12.2. The van der Waals surface area contributed by atoms with Crippen molar-refractivity contribution >= 4 is 28.8 Å². The summed E-state index contributed by atoms with van der Waals surface area (Å²) in [5.74, 6) is -0.252. The molecule has 4 nitrogen and oxygen atoms in total. The number of hydrogen-bond acceptors (Lipinski definition) is 3. The Kier molecular flexibility index (Phi) is 6.42. The molecule has 35 heavy (non-hydrogen) atoms. The molecule has 4 rings (SSSR count). The van der Waals surface area contributed by atoms with Crippen LogP contribution >= 0.6 is 0 Å². The molecule has 0 aliphatic carbocycles. The van der Waals surface area contributed by atoms with Crippen LogP contribution in [0.25, 0.3) is 5.57 Å². The fourth-order valence-corrected chi connectivity index (χ4v) is 4.25.